The van der Waals surface area contributed by atoms with Crippen LogP contribution in [-0.4, -0.2) is 52.3 Å². The van der Waals surface area contributed by atoms with Crippen LogP contribution in [0.15, 0.2) is 0 Å². The molecule has 0 rings (SSSR count). The first kappa shape index (κ1) is 14.4. The van der Waals surface area contributed by atoms with Crippen LogP contribution in [0.2, 0.25) is 0 Å². The van der Waals surface area contributed by atoms with Crippen molar-refractivity contribution in [2.45, 2.75) is 6.92 Å². The van der Waals surface area contributed by atoms with Crippen LogP contribution in [0.1, 0.15) is 6.92 Å². The highest BCUT2D eigenvalue weighted by Gasteiger charge is 1.88. The average molecular weight is 199 g/mol. The zero-order chi connectivity index (χ0) is 10.4. The number of rotatable bonds is 2. The van der Waals surface area contributed by atoms with Crippen molar-refractivity contribution in [2.75, 3.05) is 34.8 Å². The van der Waals surface area contributed by atoms with Gasteiger partial charge in [-0.2, -0.15) is 0 Å². The minimum atomic E-state index is -4.42. The molecule has 0 spiro atoms. The third kappa shape index (κ3) is 52.2. The Balaban J connectivity index is 0. The summed E-state index contributed by atoms with van der Waals surface area (Å²) in [6.45, 7) is 1.33. The van der Waals surface area contributed by atoms with Crippen LogP contribution in [0.4, 0.5) is 0 Å². The van der Waals surface area contributed by atoms with E-state index in [2.05, 4.69) is 32.4 Å². The molecule has 0 saturated heterocycles. The fourth-order valence-corrected chi connectivity index (χ4v) is 0.433. The van der Waals surface area contributed by atoms with Crippen molar-refractivity contribution in [2.24, 2.45) is 0 Å². The fraction of sp³-hybridized carbons (Fsp3) is 1.00. The highest BCUT2D eigenvalue weighted by molar-refractivity contribution is 7.80. The van der Waals surface area contributed by atoms with Crippen LogP contribution in [0.3, 0.4) is 0 Å². The van der Waals surface area contributed by atoms with Gasteiger partial charge in [-0.1, -0.05) is 0 Å². The molecule has 0 heterocycles. The normalized spacial score (nSPS) is 11.8. The van der Waals surface area contributed by atoms with Gasteiger partial charge in [-0.3, -0.25) is 4.18 Å². The summed E-state index contributed by atoms with van der Waals surface area (Å²) in [7, 11) is 4.08. The quantitative estimate of drug-likeness (QED) is 0.351. The first-order valence-corrected chi connectivity index (χ1v) is 4.78. The van der Waals surface area contributed by atoms with Crippen molar-refractivity contribution < 1.29 is 21.6 Å². The maximum Gasteiger partial charge on any atom is 0.217 e. The van der Waals surface area contributed by atoms with E-state index in [1.165, 1.54) is 6.92 Å². The van der Waals surface area contributed by atoms with Gasteiger partial charge in [0.2, 0.25) is 10.4 Å². The molecular formula is C6H17NO4S. The van der Waals surface area contributed by atoms with Crippen molar-refractivity contribution in [3.05, 3.63) is 0 Å². The minimum Gasteiger partial charge on any atom is -0.726 e. The van der Waals surface area contributed by atoms with Gasteiger partial charge >= 0.3 is 0 Å². The molecule has 0 aliphatic heterocycles. The van der Waals surface area contributed by atoms with Crippen LogP contribution < -0.4 is 0 Å². The van der Waals surface area contributed by atoms with Gasteiger partial charge in [-0.05, 0) is 6.92 Å². The molecule has 0 amide bonds. The molecule has 5 nitrogen and oxygen atoms in total. The molecule has 0 aliphatic carbocycles. The van der Waals surface area contributed by atoms with Gasteiger partial charge in [-0.15, -0.1) is 0 Å². The molecule has 0 aromatic carbocycles. The summed E-state index contributed by atoms with van der Waals surface area (Å²) in [5.41, 5.74) is 0. The molecule has 0 saturated carbocycles. The van der Waals surface area contributed by atoms with Crippen molar-refractivity contribution >= 4 is 10.4 Å². The van der Waals surface area contributed by atoms with E-state index in [9.17, 15) is 13.0 Å². The summed E-state index contributed by atoms with van der Waals surface area (Å²) in [5.74, 6) is 0. The van der Waals surface area contributed by atoms with E-state index >= 15 is 0 Å². The first-order chi connectivity index (χ1) is 5.06. The lowest BCUT2D eigenvalue weighted by Crippen LogP contribution is -2.27. The molecule has 0 bridgehead atoms. The molecule has 76 valence electrons. The van der Waals surface area contributed by atoms with Crippen LogP contribution in [0.5, 0.6) is 0 Å². The zero-order valence-corrected chi connectivity index (χ0v) is 9.01. The number of quaternary nitrogens is 1. The van der Waals surface area contributed by atoms with E-state index in [0.717, 1.165) is 4.48 Å². The number of hydrogen-bond acceptors (Lipinski definition) is 4. The molecule has 12 heavy (non-hydrogen) atoms. The predicted molar refractivity (Wildman–Crippen MR) is 45.3 cm³/mol. The summed E-state index contributed by atoms with van der Waals surface area (Å²) < 4.78 is 33.0. The summed E-state index contributed by atoms with van der Waals surface area (Å²) in [4.78, 5) is 0. The fourth-order valence-electron chi connectivity index (χ4n) is 0.144. The van der Waals surface area contributed by atoms with Crippen LogP contribution in [-0.2, 0) is 14.6 Å². The van der Waals surface area contributed by atoms with Crippen molar-refractivity contribution in [3.8, 4) is 0 Å². The molecular weight excluding hydrogens is 182 g/mol. The molecule has 0 atom stereocenters. The monoisotopic (exact) mass is 199 g/mol. The van der Waals surface area contributed by atoms with E-state index < -0.39 is 10.4 Å². The highest BCUT2D eigenvalue weighted by atomic mass is 32.3. The molecule has 0 radical (unpaired) electrons. The van der Waals surface area contributed by atoms with Crippen molar-refractivity contribution in [1.82, 2.24) is 0 Å². The lowest BCUT2D eigenvalue weighted by atomic mass is 10.8. The lowest BCUT2D eigenvalue weighted by Gasteiger charge is -2.14. The molecule has 0 N–H and O–H groups in total. The molecule has 0 aromatic heterocycles. The zero-order valence-electron chi connectivity index (χ0n) is 8.20. The largest absolute Gasteiger partial charge is 0.726 e. The summed E-state index contributed by atoms with van der Waals surface area (Å²) in [6.07, 6.45) is 0. The van der Waals surface area contributed by atoms with Gasteiger partial charge in [0, 0.05) is 0 Å². The van der Waals surface area contributed by atoms with Crippen LogP contribution >= 0.6 is 0 Å². The SMILES string of the molecule is CCOS(=O)(=O)[O-].C[N+](C)(C)C. The Hall–Kier alpha value is -0.170. The van der Waals surface area contributed by atoms with E-state index in [4.69, 9.17) is 0 Å². The predicted octanol–water partition coefficient (Wildman–Crippen LogP) is -0.194. The third-order valence-electron chi connectivity index (χ3n) is 0.262. The second kappa shape index (κ2) is 5.47. The maximum atomic E-state index is 9.45. The Morgan fingerprint density at radius 1 is 1.25 bits per heavy atom. The lowest BCUT2D eigenvalue weighted by molar-refractivity contribution is -0.849. The van der Waals surface area contributed by atoms with Gasteiger partial charge in [-0.25, -0.2) is 8.42 Å². The summed E-state index contributed by atoms with van der Waals surface area (Å²) in [6, 6.07) is 0. The van der Waals surface area contributed by atoms with Crippen LogP contribution in [0, 0.1) is 0 Å². The Bertz CT molecular complexity index is 186. The topological polar surface area (TPSA) is 66.4 Å². The highest BCUT2D eigenvalue weighted by Crippen LogP contribution is 1.80. The van der Waals surface area contributed by atoms with Gasteiger partial charge < -0.3 is 9.04 Å². The van der Waals surface area contributed by atoms with E-state index in [0.29, 0.717) is 0 Å². The van der Waals surface area contributed by atoms with Gasteiger partial charge in [0.05, 0.1) is 34.8 Å². The molecule has 6 heteroatoms. The van der Waals surface area contributed by atoms with Gasteiger partial charge in [0.15, 0.2) is 0 Å². The molecule has 0 fully saturated rings. The smallest absolute Gasteiger partial charge is 0.217 e. The maximum absolute atomic E-state index is 9.45. The van der Waals surface area contributed by atoms with E-state index in [1.807, 2.05) is 0 Å². The van der Waals surface area contributed by atoms with Crippen LogP contribution in [0.25, 0.3) is 0 Å². The summed E-state index contributed by atoms with van der Waals surface area (Å²) >= 11 is 0. The molecule has 0 aliphatic rings. The van der Waals surface area contributed by atoms with E-state index in [1.54, 1.807) is 0 Å². The van der Waals surface area contributed by atoms with Gasteiger partial charge in [0.1, 0.15) is 0 Å². The molecule has 0 unspecified atom stereocenters. The third-order valence-corrected chi connectivity index (χ3v) is 0.787. The van der Waals surface area contributed by atoms with E-state index in [-0.39, 0.29) is 6.61 Å². The van der Waals surface area contributed by atoms with Gasteiger partial charge in [0.25, 0.3) is 0 Å². The number of nitrogens with zero attached hydrogens (tertiary/aromatic N) is 1. The van der Waals surface area contributed by atoms with Crippen molar-refractivity contribution in [1.29, 1.82) is 0 Å². The number of hydrogen-bond donors (Lipinski definition) is 0. The Labute approximate surface area is 74.5 Å². The molecule has 0 aromatic rings. The Morgan fingerprint density at radius 2 is 1.50 bits per heavy atom. The standard InChI is InChI=1S/C4H12N.C2H6O4S/c1-5(2,3)4;1-2-6-7(3,4)5/h1-4H3;2H2,1H3,(H,3,4,5)/q+1;/p-1. The first-order valence-electron chi connectivity index (χ1n) is 3.45. The Morgan fingerprint density at radius 3 is 1.50 bits per heavy atom. The summed E-state index contributed by atoms with van der Waals surface area (Å²) in [5, 5.41) is 0. The second-order valence-corrected chi connectivity index (χ2v) is 4.55. The average Bonchev–Trinajstić information content (AvgIpc) is 1.54. The second-order valence-electron chi connectivity index (χ2n) is 3.50. The Kier molecular flexibility index (Phi) is 6.55. The van der Waals surface area contributed by atoms with Crippen molar-refractivity contribution in [3.63, 3.8) is 0 Å². The minimum absolute atomic E-state index is 0.0914.